The number of carbonyl (C=O) groups is 1. The molecule has 1 unspecified atom stereocenters. The van der Waals surface area contributed by atoms with E-state index in [1.807, 2.05) is 24.3 Å². The number of para-hydroxylation sites is 1. The molecule has 0 saturated carbocycles. The van der Waals surface area contributed by atoms with E-state index in [1.165, 1.54) is 11.3 Å². The summed E-state index contributed by atoms with van der Waals surface area (Å²) in [5, 5.41) is 7.29. The van der Waals surface area contributed by atoms with Crippen molar-refractivity contribution in [3.63, 3.8) is 0 Å². The van der Waals surface area contributed by atoms with Crippen LogP contribution in [0.3, 0.4) is 0 Å². The normalized spacial score (nSPS) is 18.1. The van der Waals surface area contributed by atoms with Crippen LogP contribution in [0.5, 0.6) is 0 Å². The highest BCUT2D eigenvalue weighted by molar-refractivity contribution is 9.10. The van der Waals surface area contributed by atoms with Gasteiger partial charge in [-0.25, -0.2) is 0 Å². The molecule has 1 amide bonds. The van der Waals surface area contributed by atoms with Crippen LogP contribution in [-0.4, -0.2) is 53.7 Å². The van der Waals surface area contributed by atoms with Crippen molar-refractivity contribution >= 4 is 27.5 Å². The zero-order chi connectivity index (χ0) is 23.3. The minimum absolute atomic E-state index is 0.00938. The first-order chi connectivity index (χ1) is 16.7. The van der Waals surface area contributed by atoms with Crippen molar-refractivity contribution in [2.24, 2.45) is 5.92 Å². The van der Waals surface area contributed by atoms with Gasteiger partial charge in [-0.1, -0.05) is 39.3 Å². The number of nitrogens with zero attached hydrogens (tertiary/aromatic N) is 4. The van der Waals surface area contributed by atoms with Gasteiger partial charge in [0.05, 0.1) is 12.5 Å². The lowest BCUT2D eigenvalue weighted by Crippen LogP contribution is -2.43. The topological polar surface area (TPSA) is 74.5 Å². The minimum Gasteiger partial charge on any atom is -0.371 e. The predicted octanol–water partition coefficient (Wildman–Crippen LogP) is 4.28. The van der Waals surface area contributed by atoms with E-state index in [4.69, 9.17) is 4.52 Å². The number of benzene rings is 2. The van der Waals surface area contributed by atoms with E-state index < -0.39 is 0 Å². The van der Waals surface area contributed by atoms with Crippen LogP contribution < -0.4 is 10.2 Å². The molecule has 0 aliphatic carbocycles. The fourth-order valence-corrected chi connectivity index (χ4v) is 5.17. The average molecular weight is 524 g/mol. The second-order valence-corrected chi connectivity index (χ2v) is 10.0. The van der Waals surface area contributed by atoms with Gasteiger partial charge in [0.25, 0.3) is 0 Å². The lowest BCUT2D eigenvalue weighted by atomic mass is 9.97. The Morgan fingerprint density at radius 3 is 2.88 bits per heavy atom. The predicted molar refractivity (Wildman–Crippen MR) is 135 cm³/mol. The molecule has 1 saturated heterocycles. The van der Waals surface area contributed by atoms with Crippen LogP contribution in [0.25, 0.3) is 11.4 Å². The van der Waals surface area contributed by atoms with Crippen molar-refractivity contribution in [2.45, 2.75) is 32.2 Å². The van der Waals surface area contributed by atoms with E-state index in [9.17, 15) is 4.79 Å². The molecular weight excluding hydrogens is 494 g/mol. The standard InChI is InChI=1S/C26H30BrN5O2/c27-22-10-8-20(9-11-22)25-29-24(34-30-25)18-31-14-3-6-21(17-31)26(33)28-13-4-15-32-16-12-19-5-1-2-7-23(19)32/h1-2,5,7-11,21H,3-4,6,12-18H2,(H,28,33). The Labute approximate surface area is 208 Å². The highest BCUT2D eigenvalue weighted by Crippen LogP contribution is 2.27. The number of hydrogen-bond donors (Lipinski definition) is 1. The van der Waals surface area contributed by atoms with E-state index in [0.717, 1.165) is 61.9 Å². The molecule has 3 aromatic rings. The molecule has 1 N–H and O–H groups in total. The number of carbonyl (C=O) groups excluding carboxylic acids is 1. The zero-order valence-electron chi connectivity index (χ0n) is 19.3. The summed E-state index contributed by atoms with van der Waals surface area (Å²) in [4.78, 5) is 22.0. The van der Waals surface area contributed by atoms with E-state index >= 15 is 0 Å². The van der Waals surface area contributed by atoms with Crippen molar-refractivity contribution in [1.29, 1.82) is 0 Å². The third-order valence-corrected chi connectivity index (χ3v) is 7.22. The molecule has 34 heavy (non-hydrogen) atoms. The molecule has 1 aromatic heterocycles. The van der Waals surface area contributed by atoms with Crippen LogP contribution in [0.1, 0.15) is 30.7 Å². The maximum atomic E-state index is 12.8. The lowest BCUT2D eigenvalue weighted by molar-refractivity contribution is -0.126. The third kappa shape index (κ3) is 5.50. The van der Waals surface area contributed by atoms with E-state index in [-0.39, 0.29) is 11.8 Å². The number of likely N-dealkylation sites (tertiary alicyclic amines) is 1. The van der Waals surface area contributed by atoms with Gasteiger partial charge in [0, 0.05) is 41.9 Å². The molecule has 2 aliphatic heterocycles. The van der Waals surface area contributed by atoms with Crippen LogP contribution in [0.15, 0.2) is 57.5 Å². The second kappa shape index (κ2) is 10.7. The summed E-state index contributed by atoms with van der Waals surface area (Å²) < 4.78 is 6.49. The van der Waals surface area contributed by atoms with Crippen LogP contribution in [0, 0.1) is 5.92 Å². The Balaban J connectivity index is 1.07. The SMILES string of the molecule is O=C(NCCCN1CCc2ccccc21)C1CCCN(Cc2nc(-c3ccc(Br)cc3)no2)C1. The number of anilines is 1. The smallest absolute Gasteiger partial charge is 0.241 e. The first kappa shape index (κ1) is 23.1. The molecule has 0 bridgehead atoms. The van der Waals surface area contributed by atoms with Crippen molar-refractivity contribution in [3.05, 3.63) is 64.5 Å². The summed E-state index contributed by atoms with van der Waals surface area (Å²) >= 11 is 3.44. The summed E-state index contributed by atoms with van der Waals surface area (Å²) in [7, 11) is 0. The van der Waals surface area contributed by atoms with Crippen molar-refractivity contribution in [3.8, 4) is 11.4 Å². The number of nitrogens with one attached hydrogen (secondary N) is 1. The van der Waals surface area contributed by atoms with Gasteiger partial charge in [0.2, 0.25) is 17.6 Å². The number of piperidine rings is 1. The monoisotopic (exact) mass is 523 g/mol. The Bertz CT molecular complexity index is 1120. The zero-order valence-corrected chi connectivity index (χ0v) is 20.8. The maximum Gasteiger partial charge on any atom is 0.241 e. The number of hydrogen-bond acceptors (Lipinski definition) is 6. The number of fused-ring (bicyclic) bond motifs is 1. The summed E-state index contributed by atoms with van der Waals surface area (Å²) in [5.41, 5.74) is 3.70. The van der Waals surface area contributed by atoms with Crippen molar-refractivity contribution in [2.75, 3.05) is 37.6 Å². The highest BCUT2D eigenvalue weighted by atomic mass is 79.9. The molecule has 0 spiro atoms. The molecule has 8 heteroatoms. The molecule has 7 nitrogen and oxygen atoms in total. The molecular formula is C26H30BrN5O2. The minimum atomic E-state index is 0.00938. The molecule has 2 aromatic carbocycles. The summed E-state index contributed by atoms with van der Waals surface area (Å²) in [5.74, 6) is 1.35. The van der Waals surface area contributed by atoms with Crippen molar-refractivity contribution in [1.82, 2.24) is 20.4 Å². The molecule has 178 valence electrons. The third-order valence-electron chi connectivity index (χ3n) is 6.69. The Morgan fingerprint density at radius 2 is 2.00 bits per heavy atom. The second-order valence-electron chi connectivity index (χ2n) is 9.10. The number of rotatable bonds is 8. The van der Waals surface area contributed by atoms with Gasteiger partial charge in [-0.2, -0.15) is 4.98 Å². The van der Waals surface area contributed by atoms with Crippen LogP contribution in [0.2, 0.25) is 0 Å². The molecule has 1 atom stereocenters. The van der Waals surface area contributed by atoms with Gasteiger partial charge in [-0.15, -0.1) is 0 Å². The lowest BCUT2D eigenvalue weighted by Gasteiger charge is -2.31. The number of amides is 1. The first-order valence-electron chi connectivity index (χ1n) is 12.1. The van der Waals surface area contributed by atoms with Crippen molar-refractivity contribution < 1.29 is 9.32 Å². The highest BCUT2D eigenvalue weighted by Gasteiger charge is 2.27. The summed E-state index contributed by atoms with van der Waals surface area (Å²) in [6.45, 7) is 5.00. The summed E-state index contributed by atoms with van der Waals surface area (Å²) in [6, 6.07) is 16.5. The maximum absolute atomic E-state index is 12.8. The van der Waals surface area contributed by atoms with Crippen LogP contribution in [-0.2, 0) is 17.8 Å². The summed E-state index contributed by atoms with van der Waals surface area (Å²) in [6.07, 6.45) is 3.99. The number of halogens is 1. The molecule has 3 heterocycles. The van der Waals surface area contributed by atoms with E-state index in [1.54, 1.807) is 0 Å². The van der Waals surface area contributed by atoms with Crippen LogP contribution in [0.4, 0.5) is 5.69 Å². The molecule has 0 radical (unpaired) electrons. The van der Waals surface area contributed by atoms with Gasteiger partial charge in [0.15, 0.2) is 0 Å². The fraction of sp³-hybridized carbons (Fsp3) is 0.423. The van der Waals surface area contributed by atoms with Gasteiger partial charge >= 0.3 is 0 Å². The largest absolute Gasteiger partial charge is 0.371 e. The Kier molecular flexibility index (Phi) is 7.25. The fourth-order valence-electron chi connectivity index (χ4n) is 4.90. The van der Waals surface area contributed by atoms with Gasteiger partial charge in [-0.3, -0.25) is 9.69 Å². The van der Waals surface area contributed by atoms with E-state index in [0.29, 0.717) is 24.8 Å². The first-order valence-corrected chi connectivity index (χ1v) is 12.9. The molecule has 2 aliphatic rings. The number of aromatic nitrogens is 2. The van der Waals surface area contributed by atoms with Gasteiger partial charge < -0.3 is 14.7 Å². The quantitative estimate of drug-likeness (QED) is 0.444. The Morgan fingerprint density at radius 1 is 1.15 bits per heavy atom. The average Bonchev–Trinajstić information content (AvgIpc) is 3.50. The van der Waals surface area contributed by atoms with Crippen LogP contribution >= 0.6 is 15.9 Å². The van der Waals surface area contributed by atoms with Gasteiger partial charge in [-0.05, 0) is 68.1 Å². The molecule has 5 rings (SSSR count). The van der Waals surface area contributed by atoms with E-state index in [2.05, 4.69) is 65.5 Å². The van der Waals surface area contributed by atoms with Gasteiger partial charge in [0.1, 0.15) is 0 Å². The Hall–Kier alpha value is -2.71. The molecule has 1 fully saturated rings.